The molecule has 2 bridgehead atoms. The molecule has 1 saturated heterocycles. The van der Waals surface area contributed by atoms with E-state index in [1.54, 1.807) is 24.3 Å². The summed E-state index contributed by atoms with van der Waals surface area (Å²) in [5, 5.41) is 0. The molecule has 1 heterocycles. The van der Waals surface area contributed by atoms with Crippen molar-refractivity contribution in [3.63, 3.8) is 0 Å². The van der Waals surface area contributed by atoms with Crippen LogP contribution in [0.2, 0.25) is 0 Å². The van der Waals surface area contributed by atoms with Gasteiger partial charge in [0.2, 0.25) is 11.8 Å². The van der Waals surface area contributed by atoms with Gasteiger partial charge in [-0.3, -0.25) is 9.59 Å². The van der Waals surface area contributed by atoms with Crippen molar-refractivity contribution in [3.8, 4) is 0 Å². The van der Waals surface area contributed by atoms with Crippen molar-refractivity contribution >= 4 is 55.3 Å². The predicted octanol–water partition coefficient (Wildman–Crippen LogP) is 7.71. The molecule has 0 radical (unpaired) electrons. The summed E-state index contributed by atoms with van der Waals surface area (Å²) in [6, 6.07) is 22.9. The first kappa shape index (κ1) is 28.0. The number of ether oxygens (including phenoxy) is 1. The number of imide groups is 1. The topological polar surface area (TPSA) is 63.7 Å². The van der Waals surface area contributed by atoms with Crippen molar-refractivity contribution in [2.24, 2.45) is 29.6 Å². The number of carbonyl (C=O) groups is 3. The Morgan fingerprint density at radius 2 is 1.36 bits per heavy atom. The highest BCUT2D eigenvalue weighted by Crippen LogP contribution is 2.70. The SMILES string of the molecule is CC(C)[C@H]1CC[C@H](C)C[C@H]1OC(=O)c1cccc(N2C(=O)[C@@H]3[C@@H](C2=O)C2(Br)c4ccccc4C3(Br)c3ccccc32)c1. The number of hydrogen-bond donors (Lipinski definition) is 0. The summed E-state index contributed by atoms with van der Waals surface area (Å²) in [6.45, 7) is 6.57. The van der Waals surface area contributed by atoms with Gasteiger partial charge >= 0.3 is 5.97 Å². The summed E-state index contributed by atoms with van der Waals surface area (Å²) in [5.74, 6) is -1.05. The zero-order valence-electron chi connectivity index (χ0n) is 23.8. The van der Waals surface area contributed by atoms with Gasteiger partial charge < -0.3 is 4.74 Å². The van der Waals surface area contributed by atoms with E-state index in [4.69, 9.17) is 4.74 Å². The molecule has 2 fully saturated rings. The Morgan fingerprint density at radius 1 is 0.833 bits per heavy atom. The zero-order chi connectivity index (χ0) is 29.6. The number of benzene rings is 3. The third-order valence-electron chi connectivity index (χ3n) is 10.1. The van der Waals surface area contributed by atoms with Crippen LogP contribution in [0.15, 0.2) is 72.8 Å². The molecule has 5 aliphatic rings. The molecule has 0 spiro atoms. The highest BCUT2D eigenvalue weighted by molar-refractivity contribution is 9.10. The molecule has 1 saturated carbocycles. The minimum Gasteiger partial charge on any atom is -0.458 e. The van der Waals surface area contributed by atoms with E-state index in [0.717, 1.165) is 41.5 Å². The Balaban J connectivity index is 1.26. The van der Waals surface area contributed by atoms with Gasteiger partial charge in [-0.15, -0.1) is 0 Å². The maximum Gasteiger partial charge on any atom is 0.338 e. The van der Waals surface area contributed by atoms with Crippen LogP contribution < -0.4 is 4.90 Å². The zero-order valence-corrected chi connectivity index (χ0v) is 27.0. The van der Waals surface area contributed by atoms with Gasteiger partial charge in [0, 0.05) is 0 Å². The largest absolute Gasteiger partial charge is 0.458 e. The summed E-state index contributed by atoms with van der Waals surface area (Å²) in [4.78, 5) is 43.5. The molecule has 7 heteroatoms. The number of halogens is 2. The molecule has 0 aromatic heterocycles. The average Bonchev–Trinajstić information content (AvgIpc) is 3.26. The van der Waals surface area contributed by atoms with E-state index >= 15 is 0 Å². The Kier molecular flexibility index (Phi) is 6.59. The molecule has 0 unspecified atom stereocenters. The molecule has 1 aliphatic heterocycles. The van der Waals surface area contributed by atoms with E-state index in [1.807, 2.05) is 48.5 Å². The number of amides is 2. The second-order valence-corrected chi connectivity index (χ2v) is 15.3. The molecule has 216 valence electrons. The van der Waals surface area contributed by atoms with Crippen LogP contribution in [0.3, 0.4) is 0 Å². The summed E-state index contributed by atoms with van der Waals surface area (Å²) in [5.41, 5.74) is 4.70. The van der Waals surface area contributed by atoms with Crippen molar-refractivity contribution in [3.05, 3.63) is 101 Å². The lowest BCUT2D eigenvalue weighted by atomic mass is 9.54. The van der Waals surface area contributed by atoms with Gasteiger partial charge in [-0.25, -0.2) is 9.69 Å². The van der Waals surface area contributed by atoms with Crippen LogP contribution in [-0.4, -0.2) is 23.9 Å². The molecule has 5 nitrogen and oxygen atoms in total. The van der Waals surface area contributed by atoms with Crippen LogP contribution in [-0.2, 0) is 23.0 Å². The van der Waals surface area contributed by atoms with Gasteiger partial charge in [-0.05, 0) is 71.0 Å². The van der Waals surface area contributed by atoms with E-state index < -0.39 is 26.5 Å². The van der Waals surface area contributed by atoms with E-state index in [2.05, 4.69) is 52.6 Å². The average molecular weight is 691 g/mol. The number of nitrogens with zero attached hydrogens (tertiary/aromatic N) is 1. The fraction of sp³-hybridized carbons (Fsp3) is 0.400. The van der Waals surface area contributed by atoms with Crippen molar-refractivity contribution in [2.45, 2.75) is 54.8 Å². The first-order valence-electron chi connectivity index (χ1n) is 14.8. The summed E-state index contributed by atoms with van der Waals surface area (Å²) >= 11 is 8.10. The predicted molar refractivity (Wildman–Crippen MR) is 169 cm³/mol. The van der Waals surface area contributed by atoms with Crippen molar-refractivity contribution in [1.29, 1.82) is 0 Å². The molecular formula is C35H33Br2NO4. The molecule has 0 N–H and O–H groups in total. The van der Waals surface area contributed by atoms with E-state index in [0.29, 0.717) is 29.0 Å². The Hall–Kier alpha value is -2.77. The first-order chi connectivity index (χ1) is 20.1. The number of anilines is 1. The van der Waals surface area contributed by atoms with Crippen molar-refractivity contribution in [1.82, 2.24) is 0 Å². The number of hydrogen-bond acceptors (Lipinski definition) is 4. The summed E-state index contributed by atoms with van der Waals surface area (Å²) in [6.07, 6.45) is 2.90. The molecule has 2 amide bonds. The Bertz CT molecular complexity index is 1510. The number of carbonyl (C=O) groups excluding carboxylic acids is 3. The van der Waals surface area contributed by atoms with E-state index in [-0.39, 0.29) is 17.9 Å². The molecule has 5 atom stereocenters. The molecular weight excluding hydrogens is 658 g/mol. The van der Waals surface area contributed by atoms with Crippen molar-refractivity contribution < 1.29 is 19.1 Å². The van der Waals surface area contributed by atoms with Gasteiger partial charge in [0.25, 0.3) is 0 Å². The van der Waals surface area contributed by atoms with Crippen LogP contribution in [0.25, 0.3) is 0 Å². The molecule has 8 rings (SSSR count). The standard InChI is InChI=1S/C35H33Br2NO4/c1-19(2)23-16-15-20(3)17-28(23)42-33(41)21-9-8-10-22(18-21)38-31(39)29-30(32(38)40)35(37)25-12-5-4-11-24(25)34(29,36)26-13-6-7-14-27(26)35/h4-14,18-20,23,28-30H,15-17H2,1-3H3/t20-,23+,28+,29-,30-,34?,35?/m0/s1. The Morgan fingerprint density at radius 3 is 1.86 bits per heavy atom. The van der Waals surface area contributed by atoms with Crippen LogP contribution >= 0.6 is 31.9 Å². The maximum absolute atomic E-state index is 14.4. The van der Waals surface area contributed by atoms with E-state index in [9.17, 15) is 14.4 Å². The summed E-state index contributed by atoms with van der Waals surface area (Å²) < 4.78 is 4.39. The second-order valence-electron chi connectivity index (χ2n) is 12.8. The van der Waals surface area contributed by atoms with Gasteiger partial charge in [-0.1, -0.05) is 114 Å². The quantitative estimate of drug-likeness (QED) is 0.160. The maximum atomic E-state index is 14.4. The highest BCUT2D eigenvalue weighted by atomic mass is 79.9. The molecule has 42 heavy (non-hydrogen) atoms. The lowest BCUT2D eigenvalue weighted by Crippen LogP contribution is -2.56. The third-order valence-corrected chi connectivity index (χ3v) is 12.8. The number of rotatable bonds is 4. The molecule has 3 aromatic carbocycles. The lowest BCUT2D eigenvalue weighted by Gasteiger charge is -2.55. The Labute approximate surface area is 263 Å². The van der Waals surface area contributed by atoms with Gasteiger partial charge in [-0.2, -0.15) is 0 Å². The number of esters is 1. The second kappa shape index (κ2) is 9.88. The van der Waals surface area contributed by atoms with Gasteiger partial charge in [0.15, 0.2) is 0 Å². The van der Waals surface area contributed by atoms with E-state index in [1.165, 1.54) is 4.90 Å². The van der Waals surface area contributed by atoms with Crippen LogP contribution in [0.4, 0.5) is 5.69 Å². The smallest absolute Gasteiger partial charge is 0.338 e. The summed E-state index contributed by atoms with van der Waals surface area (Å²) in [7, 11) is 0. The van der Waals surface area contributed by atoms with Crippen LogP contribution in [0.5, 0.6) is 0 Å². The van der Waals surface area contributed by atoms with Gasteiger partial charge in [0.05, 0.1) is 31.7 Å². The molecule has 3 aromatic rings. The highest BCUT2D eigenvalue weighted by Gasteiger charge is 2.72. The lowest BCUT2D eigenvalue weighted by molar-refractivity contribution is -0.122. The minimum absolute atomic E-state index is 0.142. The van der Waals surface area contributed by atoms with Crippen LogP contribution in [0, 0.1) is 29.6 Å². The first-order valence-corrected chi connectivity index (χ1v) is 16.4. The van der Waals surface area contributed by atoms with Crippen molar-refractivity contribution in [2.75, 3.05) is 4.90 Å². The fourth-order valence-electron chi connectivity index (χ4n) is 8.15. The number of alkyl halides is 2. The monoisotopic (exact) mass is 689 g/mol. The van der Waals surface area contributed by atoms with Gasteiger partial charge in [0.1, 0.15) is 6.10 Å². The van der Waals surface area contributed by atoms with Crippen LogP contribution in [0.1, 0.15) is 72.6 Å². The minimum atomic E-state index is -0.859. The fourth-order valence-corrected chi connectivity index (χ4v) is 10.5. The normalized spacial score (nSPS) is 32.9. The molecule has 4 aliphatic carbocycles. The third kappa shape index (κ3) is 3.75.